The third-order valence-corrected chi connectivity index (χ3v) is 15.2. The van der Waals surface area contributed by atoms with Crippen LogP contribution in [0, 0.1) is 0 Å². The number of benzene rings is 9. The number of methoxy groups -OCH3 is 2. The lowest BCUT2D eigenvalue weighted by Crippen LogP contribution is -2.47. The minimum Gasteiger partial charge on any atom is -0.497 e. The number of carbonyl (C=O) groups is 3. The van der Waals surface area contributed by atoms with Crippen LogP contribution in [0.15, 0.2) is 182 Å². The van der Waals surface area contributed by atoms with Crippen LogP contribution in [-0.4, -0.2) is 54.3 Å². The number of ether oxygens (including phenoxy) is 5. The number of carbonyl (C=O) groups excluding carboxylic acids is 3. The number of aryl methyl sites for hydroxylation is 1. The molecule has 10 heteroatoms. The van der Waals surface area contributed by atoms with Gasteiger partial charge in [-0.3, -0.25) is 4.79 Å². The molecule has 2 aromatic heterocycles. The van der Waals surface area contributed by atoms with Crippen LogP contribution in [0.5, 0.6) is 17.2 Å². The van der Waals surface area contributed by atoms with Gasteiger partial charge < -0.3 is 32.8 Å². The summed E-state index contributed by atoms with van der Waals surface area (Å²) in [5, 5.41) is 5.90. The van der Waals surface area contributed by atoms with Crippen LogP contribution >= 0.6 is 0 Å². The first-order valence-corrected chi connectivity index (χ1v) is 25.6. The number of hydrogen-bond acceptors (Lipinski definition) is 8. The Kier molecular flexibility index (Phi) is 11.1. The first-order chi connectivity index (χ1) is 37.3. The molecule has 0 saturated heterocycles. The maximum Gasteiger partial charge on any atom is 0.340 e. The molecule has 0 bridgehead atoms. The van der Waals surface area contributed by atoms with Gasteiger partial charge in [0, 0.05) is 56.2 Å². The van der Waals surface area contributed by atoms with Gasteiger partial charge in [-0.15, -0.1) is 0 Å². The molecule has 11 aromatic rings. The molecule has 0 N–H and O–H groups in total. The highest BCUT2D eigenvalue weighted by Crippen LogP contribution is 2.58. The minimum absolute atomic E-state index is 0.0860. The molecular weight excluding hydrogens is 949 g/mol. The molecule has 1 aliphatic heterocycles. The number of aromatic nitrogens is 2. The third-order valence-electron chi connectivity index (χ3n) is 15.2. The fourth-order valence-corrected chi connectivity index (χ4v) is 11.9. The van der Waals surface area contributed by atoms with Crippen molar-refractivity contribution in [2.24, 2.45) is 0 Å². The van der Waals surface area contributed by atoms with Crippen molar-refractivity contribution in [2.45, 2.75) is 32.3 Å². The minimum atomic E-state index is -1.81. The van der Waals surface area contributed by atoms with E-state index in [0.29, 0.717) is 62.0 Å². The summed E-state index contributed by atoms with van der Waals surface area (Å²) in [5.41, 5.74) is 6.75. The van der Waals surface area contributed by atoms with E-state index in [1.165, 1.54) is 0 Å². The molecule has 1 aliphatic carbocycles. The normalized spacial score (nSPS) is 14.6. The Morgan fingerprint density at radius 3 is 1.55 bits per heavy atom. The van der Waals surface area contributed by atoms with Crippen LogP contribution in [0.2, 0.25) is 0 Å². The molecule has 372 valence electrons. The van der Waals surface area contributed by atoms with E-state index in [9.17, 15) is 0 Å². The molecule has 1 atom stereocenters. The summed E-state index contributed by atoms with van der Waals surface area (Å²) in [4.78, 5) is 47.0. The van der Waals surface area contributed by atoms with Crippen molar-refractivity contribution in [3.8, 4) is 62.4 Å². The maximum absolute atomic E-state index is 16.6. The quantitative estimate of drug-likeness (QED) is 0.0985. The molecule has 0 radical (unpaired) electrons. The fraction of sp³-hybridized carbons (Fsp3) is 0.136. The largest absolute Gasteiger partial charge is 0.497 e. The summed E-state index contributed by atoms with van der Waals surface area (Å²) in [5.74, 6) is 0.411. The lowest BCUT2D eigenvalue weighted by molar-refractivity contribution is 0.0318. The number of esters is 2. The van der Waals surface area contributed by atoms with Crippen molar-refractivity contribution in [1.29, 1.82) is 0 Å². The number of hydrogen-bond donors (Lipinski definition) is 0. The summed E-state index contributed by atoms with van der Waals surface area (Å²) < 4.78 is 35.6. The smallest absolute Gasteiger partial charge is 0.340 e. The predicted molar refractivity (Wildman–Crippen MR) is 298 cm³/mol. The zero-order valence-electron chi connectivity index (χ0n) is 42.3. The summed E-state index contributed by atoms with van der Waals surface area (Å²) in [6.45, 7) is 3.82. The van der Waals surface area contributed by atoms with E-state index in [4.69, 9.17) is 23.7 Å². The highest BCUT2D eigenvalue weighted by molar-refractivity contribution is 6.24. The zero-order chi connectivity index (χ0) is 51.8. The second kappa shape index (κ2) is 18.2. The van der Waals surface area contributed by atoms with Crippen molar-refractivity contribution in [1.82, 2.24) is 9.13 Å². The molecule has 2 aliphatic rings. The second-order valence-corrected chi connectivity index (χ2v) is 19.2. The van der Waals surface area contributed by atoms with E-state index in [1.54, 1.807) is 21.1 Å². The molecule has 3 heterocycles. The number of rotatable bonds is 10. The Bertz CT molecular complexity index is 4180. The fourth-order valence-electron chi connectivity index (χ4n) is 11.9. The lowest BCUT2D eigenvalue weighted by atomic mass is 9.71. The Labute approximate surface area is 438 Å². The van der Waals surface area contributed by atoms with E-state index in [1.807, 2.05) is 159 Å². The SMILES string of the molecule is CCOC(=O)c1c2c(n(-c3ccc(OC)cc3)c1-c1ccccc1)-c1cc3ccccc3cc1C(=O)C21CCc2c(c3cc4ccccc4cc3c3c2c(C(=O)OCC)c(-c2ccccc2)n3-c2ccc(OC)cc2)O1. The van der Waals surface area contributed by atoms with Crippen molar-refractivity contribution >= 4 is 60.9 Å². The average molecular weight is 999 g/mol. The van der Waals surface area contributed by atoms with Gasteiger partial charge >= 0.3 is 11.9 Å². The van der Waals surface area contributed by atoms with Gasteiger partial charge in [0.2, 0.25) is 5.78 Å². The van der Waals surface area contributed by atoms with E-state index in [2.05, 4.69) is 39.5 Å². The lowest BCUT2D eigenvalue weighted by Gasteiger charge is -2.42. The topological polar surface area (TPSA) is 107 Å². The van der Waals surface area contributed by atoms with Gasteiger partial charge in [0.05, 0.1) is 61.2 Å². The standard InChI is InChI=1S/C66H50N2O8/c1-5-74-64(70)55-54-49-33-34-66(76-62(49)52-37-43-23-15-13-21-41(43)35-50(52)60(54)67(45-25-29-47(72-3)30-26-45)58(55)39-17-9-7-10-18-39)57-56(65(71)75-6-2)59(40-19-11-8-12-20-40)68(46-27-31-48(73-4)32-28-46)61(57)51-36-42-22-14-16-24-44(42)38-53(51)63(66)69/h7-32,35-38H,5-6,33-34H2,1-4H3. The van der Waals surface area contributed by atoms with Crippen LogP contribution in [0.4, 0.5) is 0 Å². The monoisotopic (exact) mass is 998 g/mol. The summed E-state index contributed by atoms with van der Waals surface area (Å²) in [6.07, 6.45) is 0.350. The van der Waals surface area contributed by atoms with Gasteiger partial charge in [-0.2, -0.15) is 0 Å². The van der Waals surface area contributed by atoms with E-state index in [0.717, 1.165) is 65.9 Å². The van der Waals surface area contributed by atoms with Gasteiger partial charge in [-0.05, 0) is 126 Å². The average Bonchev–Trinajstić information content (AvgIpc) is 4.20. The molecule has 1 spiro atoms. The molecule has 0 amide bonds. The predicted octanol–water partition coefficient (Wildman–Crippen LogP) is 14.7. The van der Waals surface area contributed by atoms with E-state index < -0.39 is 17.5 Å². The van der Waals surface area contributed by atoms with Crippen molar-refractivity contribution in [3.63, 3.8) is 0 Å². The van der Waals surface area contributed by atoms with Crippen molar-refractivity contribution < 1.29 is 38.1 Å². The summed E-state index contributed by atoms with van der Waals surface area (Å²) in [6, 6.07) is 59.6. The Balaban J connectivity index is 1.21. The Hall–Kier alpha value is -9.41. The molecule has 0 fully saturated rings. The number of Topliss-reactive ketones (excluding diaryl/α,β-unsaturated/α-hetero) is 1. The number of fused-ring (bicyclic) bond motifs is 12. The van der Waals surface area contributed by atoms with Crippen LogP contribution in [0.3, 0.4) is 0 Å². The maximum atomic E-state index is 16.6. The highest BCUT2D eigenvalue weighted by atomic mass is 16.5. The van der Waals surface area contributed by atoms with Crippen LogP contribution in [0.25, 0.3) is 88.4 Å². The molecule has 0 saturated carbocycles. The summed E-state index contributed by atoms with van der Waals surface area (Å²) in [7, 11) is 3.27. The van der Waals surface area contributed by atoms with Gasteiger partial charge in [0.1, 0.15) is 17.2 Å². The van der Waals surface area contributed by atoms with E-state index in [-0.39, 0.29) is 37.4 Å². The third kappa shape index (κ3) is 6.97. The van der Waals surface area contributed by atoms with Crippen LogP contribution in [-0.2, 0) is 21.5 Å². The Morgan fingerprint density at radius 2 is 1.01 bits per heavy atom. The number of ketones is 1. The van der Waals surface area contributed by atoms with Crippen LogP contribution < -0.4 is 14.2 Å². The molecular formula is C66H50N2O8. The first-order valence-electron chi connectivity index (χ1n) is 25.6. The zero-order valence-corrected chi connectivity index (χ0v) is 42.3. The molecule has 13 rings (SSSR count). The van der Waals surface area contributed by atoms with Crippen LogP contribution in [0.1, 0.15) is 62.5 Å². The number of nitrogens with zero attached hydrogens (tertiary/aromatic N) is 2. The van der Waals surface area contributed by atoms with E-state index >= 15 is 14.4 Å². The Morgan fingerprint density at radius 1 is 0.539 bits per heavy atom. The van der Waals surface area contributed by atoms with Gasteiger partial charge in [0.25, 0.3) is 0 Å². The summed E-state index contributed by atoms with van der Waals surface area (Å²) >= 11 is 0. The molecule has 1 unspecified atom stereocenters. The van der Waals surface area contributed by atoms with Crippen molar-refractivity contribution in [3.05, 3.63) is 210 Å². The van der Waals surface area contributed by atoms with Gasteiger partial charge in [0.15, 0.2) is 5.60 Å². The molecule has 10 nitrogen and oxygen atoms in total. The molecule has 9 aromatic carbocycles. The van der Waals surface area contributed by atoms with Gasteiger partial charge in [-0.1, -0.05) is 109 Å². The highest BCUT2D eigenvalue weighted by Gasteiger charge is 2.56. The molecule has 76 heavy (non-hydrogen) atoms. The van der Waals surface area contributed by atoms with Gasteiger partial charge in [-0.25, -0.2) is 9.59 Å². The van der Waals surface area contributed by atoms with Crippen molar-refractivity contribution in [2.75, 3.05) is 27.4 Å². The second-order valence-electron chi connectivity index (χ2n) is 19.2. The first kappa shape index (κ1) is 46.4.